The highest BCUT2D eigenvalue weighted by Gasteiger charge is 2.16. The maximum absolute atomic E-state index is 9.13. The van der Waals surface area contributed by atoms with Crippen LogP contribution in [0, 0.1) is 0 Å². The first-order valence-corrected chi connectivity index (χ1v) is 4.26. The Balaban J connectivity index is 2.53. The molecule has 14 heavy (non-hydrogen) atoms. The minimum atomic E-state index is -1.46. The van der Waals surface area contributed by atoms with Crippen molar-refractivity contribution in [2.75, 3.05) is 0 Å². The van der Waals surface area contributed by atoms with Gasteiger partial charge in [0, 0.05) is 5.56 Å². The van der Waals surface area contributed by atoms with Crippen LogP contribution in [0.4, 0.5) is 0 Å². The van der Waals surface area contributed by atoms with Crippen LogP contribution in [0.15, 0.2) is 47.3 Å². The molecule has 0 spiro atoms. The van der Waals surface area contributed by atoms with Gasteiger partial charge in [0.25, 0.3) is 0 Å². The predicted octanol–water partition coefficient (Wildman–Crippen LogP) is 0.626. The van der Waals surface area contributed by atoms with Crippen LogP contribution >= 0.6 is 0 Å². The van der Waals surface area contributed by atoms with Gasteiger partial charge in [0.15, 0.2) is 0 Å². The van der Waals surface area contributed by atoms with E-state index in [0.29, 0.717) is 5.46 Å². The topological polar surface area (TPSA) is 53.6 Å². The zero-order chi connectivity index (χ0) is 9.97. The molecule has 0 fully saturated rings. The summed E-state index contributed by atoms with van der Waals surface area (Å²) in [6.07, 6.45) is 3.12. The number of hydrogen-bond donors (Lipinski definition) is 2. The Hall–Kier alpha value is -1.52. The Labute approximate surface area is 81.8 Å². The van der Waals surface area contributed by atoms with Gasteiger partial charge >= 0.3 is 7.12 Å². The summed E-state index contributed by atoms with van der Waals surface area (Å²) < 4.78 is 4.94. The van der Waals surface area contributed by atoms with E-state index in [-0.39, 0.29) is 0 Å². The monoisotopic (exact) mass is 188 g/mol. The molecule has 1 aromatic heterocycles. The molecule has 0 unspecified atom stereocenters. The van der Waals surface area contributed by atoms with E-state index < -0.39 is 7.12 Å². The highest BCUT2D eigenvalue weighted by molar-refractivity contribution is 6.60. The van der Waals surface area contributed by atoms with Crippen LogP contribution in [0.5, 0.6) is 0 Å². The minimum absolute atomic E-state index is 0.480. The van der Waals surface area contributed by atoms with Gasteiger partial charge in [0.05, 0.1) is 12.5 Å². The van der Waals surface area contributed by atoms with Crippen molar-refractivity contribution in [1.82, 2.24) is 0 Å². The summed E-state index contributed by atoms with van der Waals surface area (Å²) in [4.78, 5) is 0. The second-order valence-corrected chi connectivity index (χ2v) is 2.97. The molecule has 0 saturated heterocycles. The SMILES string of the molecule is OB(O)c1ccccc1-c1ccoc1. The lowest BCUT2D eigenvalue weighted by molar-refractivity contribution is 0.426. The number of rotatable bonds is 2. The average Bonchev–Trinajstić information content (AvgIpc) is 2.70. The maximum Gasteiger partial charge on any atom is 0.489 e. The molecule has 0 aliphatic heterocycles. The van der Waals surface area contributed by atoms with E-state index in [0.717, 1.165) is 11.1 Å². The molecule has 4 heteroatoms. The lowest BCUT2D eigenvalue weighted by Gasteiger charge is -2.05. The Morgan fingerprint density at radius 2 is 1.86 bits per heavy atom. The van der Waals surface area contributed by atoms with Crippen molar-refractivity contribution < 1.29 is 14.5 Å². The van der Waals surface area contributed by atoms with Crippen molar-refractivity contribution in [2.24, 2.45) is 0 Å². The maximum atomic E-state index is 9.13. The Bertz CT molecular complexity index is 409. The smallest absolute Gasteiger partial charge is 0.472 e. The third-order valence-corrected chi connectivity index (χ3v) is 2.07. The summed E-state index contributed by atoms with van der Waals surface area (Å²) >= 11 is 0. The third kappa shape index (κ3) is 1.57. The molecule has 0 aliphatic rings. The summed E-state index contributed by atoms with van der Waals surface area (Å²) in [7, 11) is -1.46. The minimum Gasteiger partial charge on any atom is -0.472 e. The lowest BCUT2D eigenvalue weighted by Crippen LogP contribution is -2.31. The molecule has 0 radical (unpaired) electrons. The first kappa shape index (κ1) is 9.06. The van der Waals surface area contributed by atoms with Gasteiger partial charge in [-0.3, -0.25) is 0 Å². The summed E-state index contributed by atoms with van der Waals surface area (Å²) in [5, 5.41) is 18.3. The van der Waals surface area contributed by atoms with Crippen LogP contribution in [0.3, 0.4) is 0 Å². The van der Waals surface area contributed by atoms with Crippen LogP contribution in [-0.2, 0) is 0 Å². The van der Waals surface area contributed by atoms with E-state index in [4.69, 9.17) is 14.5 Å². The van der Waals surface area contributed by atoms with Crippen molar-refractivity contribution in [3.8, 4) is 11.1 Å². The highest BCUT2D eigenvalue weighted by atomic mass is 16.4. The summed E-state index contributed by atoms with van der Waals surface area (Å²) in [6.45, 7) is 0. The summed E-state index contributed by atoms with van der Waals surface area (Å²) in [5.41, 5.74) is 2.10. The second-order valence-electron chi connectivity index (χ2n) is 2.97. The zero-order valence-corrected chi connectivity index (χ0v) is 7.42. The highest BCUT2D eigenvalue weighted by Crippen LogP contribution is 2.17. The van der Waals surface area contributed by atoms with Gasteiger partial charge < -0.3 is 14.5 Å². The van der Waals surface area contributed by atoms with Crippen molar-refractivity contribution >= 4 is 12.6 Å². The molecule has 2 aromatic rings. The molecular weight excluding hydrogens is 179 g/mol. The van der Waals surface area contributed by atoms with E-state index in [1.165, 1.54) is 0 Å². The molecule has 2 rings (SSSR count). The van der Waals surface area contributed by atoms with Crippen LogP contribution in [0.25, 0.3) is 11.1 Å². The quantitative estimate of drug-likeness (QED) is 0.679. The predicted molar refractivity (Wildman–Crippen MR) is 54.0 cm³/mol. The first-order valence-electron chi connectivity index (χ1n) is 4.26. The van der Waals surface area contributed by atoms with Gasteiger partial charge in [-0.05, 0) is 17.1 Å². The fourth-order valence-electron chi connectivity index (χ4n) is 1.40. The van der Waals surface area contributed by atoms with E-state index in [1.807, 2.05) is 12.1 Å². The van der Waals surface area contributed by atoms with Crippen LogP contribution < -0.4 is 5.46 Å². The Morgan fingerprint density at radius 1 is 1.07 bits per heavy atom. The van der Waals surface area contributed by atoms with Crippen LogP contribution in [0.1, 0.15) is 0 Å². The standard InChI is InChI=1S/C10H9BO3/c12-11(13)10-4-2-1-3-9(10)8-5-6-14-7-8/h1-7,12-13H. The summed E-state index contributed by atoms with van der Waals surface area (Å²) in [6, 6.07) is 8.88. The normalized spacial score (nSPS) is 10.1. The van der Waals surface area contributed by atoms with Gasteiger partial charge in [0.1, 0.15) is 0 Å². The zero-order valence-electron chi connectivity index (χ0n) is 7.42. The third-order valence-electron chi connectivity index (χ3n) is 2.07. The van der Waals surface area contributed by atoms with Crippen molar-refractivity contribution in [2.45, 2.75) is 0 Å². The molecule has 1 heterocycles. The summed E-state index contributed by atoms with van der Waals surface area (Å²) in [5.74, 6) is 0. The first-order chi connectivity index (χ1) is 6.79. The van der Waals surface area contributed by atoms with E-state index >= 15 is 0 Å². The molecule has 70 valence electrons. The molecule has 3 nitrogen and oxygen atoms in total. The lowest BCUT2D eigenvalue weighted by atomic mass is 9.76. The van der Waals surface area contributed by atoms with E-state index in [1.54, 1.807) is 30.7 Å². The molecule has 0 saturated carbocycles. The van der Waals surface area contributed by atoms with Gasteiger partial charge in [-0.15, -0.1) is 0 Å². The van der Waals surface area contributed by atoms with Crippen molar-refractivity contribution in [3.63, 3.8) is 0 Å². The molecule has 0 bridgehead atoms. The van der Waals surface area contributed by atoms with Crippen LogP contribution in [-0.4, -0.2) is 17.2 Å². The van der Waals surface area contributed by atoms with Crippen molar-refractivity contribution in [3.05, 3.63) is 42.9 Å². The molecule has 0 atom stereocenters. The van der Waals surface area contributed by atoms with Gasteiger partial charge in [-0.1, -0.05) is 24.3 Å². The molecule has 0 aliphatic carbocycles. The molecular formula is C10H9BO3. The fraction of sp³-hybridized carbons (Fsp3) is 0. The van der Waals surface area contributed by atoms with Crippen molar-refractivity contribution in [1.29, 1.82) is 0 Å². The largest absolute Gasteiger partial charge is 0.489 e. The van der Waals surface area contributed by atoms with E-state index in [2.05, 4.69) is 0 Å². The van der Waals surface area contributed by atoms with Crippen LogP contribution in [0.2, 0.25) is 0 Å². The Kier molecular flexibility index (Phi) is 2.39. The molecule has 0 amide bonds. The Morgan fingerprint density at radius 3 is 2.50 bits per heavy atom. The number of hydrogen-bond acceptors (Lipinski definition) is 3. The number of benzene rings is 1. The average molecular weight is 188 g/mol. The van der Waals surface area contributed by atoms with Gasteiger partial charge in [-0.25, -0.2) is 0 Å². The van der Waals surface area contributed by atoms with Gasteiger partial charge in [0.2, 0.25) is 0 Å². The second kappa shape index (κ2) is 3.70. The number of furan rings is 1. The molecule has 2 N–H and O–H groups in total. The fourth-order valence-corrected chi connectivity index (χ4v) is 1.40. The van der Waals surface area contributed by atoms with Gasteiger partial charge in [-0.2, -0.15) is 0 Å². The van der Waals surface area contributed by atoms with E-state index in [9.17, 15) is 0 Å². The molecule has 1 aromatic carbocycles.